The molecule has 0 atom stereocenters. The lowest BCUT2D eigenvalue weighted by molar-refractivity contribution is 0.256. The van der Waals surface area contributed by atoms with E-state index in [1.54, 1.807) is 0 Å². The van der Waals surface area contributed by atoms with Gasteiger partial charge < -0.3 is 5.32 Å². The van der Waals surface area contributed by atoms with Crippen LogP contribution in [-0.2, 0) is 6.54 Å². The smallest absolute Gasteiger partial charge is 0.0406 e. The second-order valence-electron chi connectivity index (χ2n) is 4.81. The largest absolute Gasteiger partial charge is 0.306 e. The van der Waals surface area contributed by atoms with Gasteiger partial charge in [-0.3, -0.25) is 0 Å². The standard InChI is InChI=1S/C14H20ClN/c15-12-14(9-5-2-6-10-14)16-11-13-7-3-1-4-8-13/h1,3-4,7-8,16H,2,5-6,9-12H2. The van der Waals surface area contributed by atoms with Crippen molar-refractivity contribution >= 4 is 11.6 Å². The van der Waals surface area contributed by atoms with Crippen LogP contribution in [0.1, 0.15) is 37.7 Å². The first-order valence-corrected chi connectivity index (χ1v) is 6.73. The van der Waals surface area contributed by atoms with Gasteiger partial charge in [-0.05, 0) is 18.4 Å². The summed E-state index contributed by atoms with van der Waals surface area (Å²) in [4.78, 5) is 0. The summed E-state index contributed by atoms with van der Waals surface area (Å²) in [6.07, 6.45) is 6.45. The fraction of sp³-hybridized carbons (Fsp3) is 0.571. The van der Waals surface area contributed by atoms with Crippen molar-refractivity contribution in [3.05, 3.63) is 35.9 Å². The van der Waals surface area contributed by atoms with Crippen LogP contribution in [0.2, 0.25) is 0 Å². The molecule has 0 radical (unpaired) electrons. The number of alkyl halides is 1. The van der Waals surface area contributed by atoms with Crippen LogP contribution in [0.4, 0.5) is 0 Å². The summed E-state index contributed by atoms with van der Waals surface area (Å²) in [6.45, 7) is 0.938. The minimum atomic E-state index is 0.190. The fourth-order valence-corrected chi connectivity index (χ4v) is 2.83. The fourth-order valence-electron chi connectivity index (χ4n) is 2.47. The number of benzene rings is 1. The van der Waals surface area contributed by atoms with E-state index in [2.05, 4.69) is 35.6 Å². The van der Waals surface area contributed by atoms with Gasteiger partial charge in [0.1, 0.15) is 0 Å². The Kier molecular flexibility index (Phi) is 4.25. The molecule has 2 heteroatoms. The molecule has 1 fully saturated rings. The minimum absolute atomic E-state index is 0.190. The highest BCUT2D eigenvalue weighted by molar-refractivity contribution is 6.18. The Hall–Kier alpha value is -0.530. The maximum absolute atomic E-state index is 6.14. The molecule has 1 N–H and O–H groups in total. The highest BCUT2D eigenvalue weighted by Crippen LogP contribution is 2.29. The molecule has 0 bridgehead atoms. The third kappa shape index (κ3) is 2.99. The zero-order chi connectivity index (χ0) is 11.3. The molecule has 0 heterocycles. The summed E-state index contributed by atoms with van der Waals surface area (Å²) in [6, 6.07) is 10.6. The molecule has 2 rings (SSSR count). The minimum Gasteiger partial charge on any atom is -0.306 e. The van der Waals surface area contributed by atoms with E-state index in [1.807, 2.05) is 0 Å². The van der Waals surface area contributed by atoms with Crippen molar-refractivity contribution in [3.63, 3.8) is 0 Å². The molecule has 1 saturated carbocycles. The number of rotatable bonds is 4. The van der Waals surface area contributed by atoms with Crippen molar-refractivity contribution in [2.75, 3.05) is 5.88 Å². The van der Waals surface area contributed by atoms with Gasteiger partial charge in [0, 0.05) is 18.0 Å². The lowest BCUT2D eigenvalue weighted by Gasteiger charge is -2.36. The van der Waals surface area contributed by atoms with Gasteiger partial charge in [-0.1, -0.05) is 49.6 Å². The maximum Gasteiger partial charge on any atom is 0.0406 e. The highest BCUT2D eigenvalue weighted by atomic mass is 35.5. The van der Waals surface area contributed by atoms with Gasteiger partial charge in [0.2, 0.25) is 0 Å². The molecule has 1 aliphatic carbocycles. The van der Waals surface area contributed by atoms with Crippen LogP contribution in [-0.4, -0.2) is 11.4 Å². The van der Waals surface area contributed by atoms with E-state index in [0.29, 0.717) is 0 Å². The highest BCUT2D eigenvalue weighted by Gasteiger charge is 2.30. The number of hydrogen-bond acceptors (Lipinski definition) is 1. The van der Waals surface area contributed by atoms with Crippen molar-refractivity contribution in [2.24, 2.45) is 0 Å². The van der Waals surface area contributed by atoms with Gasteiger partial charge in [-0.15, -0.1) is 11.6 Å². The van der Waals surface area contributed by atoms with E-state index >= 15 is 0 Å². The quantitative estimate of drug-likeness (QED) is 0.788. The SMILES string of the molecule is ClCC1(NCc2ccccc2)CCCCC1. The Balaban J connectivity index is 1.92. The molecular formula is C14H20ClN. The first-order chi connectivity index (χ1) is 7.85. The Morgan fingerprint density at radius 2 is 1.75 bits per heavy atom. The van der Waals surface area contributed by atoms with Gasteiger partial charge >= 0.3 is 0 Å². The molecule has 16 heavy (non-hydrogen) atoms. The first kappa shape index (κ1) is 11.9. The van der Waals surface area contributed by atoms with E-state index in [1.165, 1.54) is 37.7 Å². The van der Waals surface area contributed by atoms with E-state index in [-0.39, 0.29) is 5.54 Å². The van der Waals surface area contributed by atoms with Gasteiger partial charge in [-0.2, -0.15) is 0 Å². The summed E-state index contributed by atoms with van der Waals surface area (Å²) < 4.78 is 0. The van der Waals surface area contributed by atoms with Crippen molar-refractivity contribution in [1.29, 1.82) is 0 Å². The molecule has 1 aromatic rings. The second kappa shape index (κ2) is 5.70. The molecule has 1 aromatic carbocycles. The van der Waals surface area contributed by atoms with Crippen molar-refractivity contribution in [1.82, 2.24) is 5.32 Å². The Morgan fingerprint density at radius 3 is 2.38 bits per heavy atom. The molecule has 1 nitrogen and oxygen atoms in total. The van der Waals surface area contributed by atoms with Crippen LogP contribution < -0.4 is 5.32 Å². The van der Waals surface area contributed by atoms with Gasteiger partial charge in [0.05, 0.1) is 0 Å². The molecule has 0 aromatic heterocycles. The normalized spacial score (nSPS) is 19.6. The van der Waals surface area contributed by atoms with Crippen LogP contribution in [0.3, 0.4) is 0 Å². The summed E-state index contributed by atoms with van der Waals surface area (Å²) in [5.41, 5.74) is 1.54. The first-order valence-electron chi connectivity index (χ1n) is 6.20. The van der Waals surface area contributed by atoms with Crippen LogP contribution in [0.5, 0.6) is 0 Å². The molecule has 0 spiro atoms. The molecule has 88 valence electrons. The van der Waals surface area contributed by atoms with Crippen LogP contribution in [0.15, 0.2) is 30.3 Å². The zero-order valence-corrected chi connectivity index (χ0v) is 10.5. The Morgan fingerprint density at radius 1 is 1.06 bits per heavy atom. The van der Waals surface area contributed by atoms with E-state index in [0.717, 1.165) is 12.4 Å². The maximum atomic E-state index is 6.14. The monoisotopic (exact) mass is 237 g/mol. The van der Waals surface area contributed by atoms with Crippen LogP contribution >= 0.6 is 11.6 Å². The summed E-state index contributed by atoms with van der Waals surface area (Å²) in [7, 11) is 0. The predicted octanol–water partition coefficient (Wildman–Crippen LogP) is 3.72. The van der Waals surface area contributed by atoms with Gasteiger partial charge in [-0.25, -0.2) is 0 Å². The average molecular weight is 238 g/mol. The number of nitrogens with one attached hydrogen (secondary N) is 1. The average Bonchev–Trinajstić information content (AvgIpc) is 2.39. The van der Waals surface area contributed by atoms with Crippen molar-refractivity contribution < 1.29 is 0 Å². The summed E-state index contributed by atoms with van der Waals surface area (Å²) >= 11 is 6.14. The van der Waals surface area contributed by atoms with E-state index in [9.17, 15) is 0 Å². The molecule has 0 unspecified atom stereocenters. The second-order valence-corrected chi connectivity index (χ2v) is 5.08. The topological polar surface area (TPSA) is 12.0 Å². The number of hydrogen-bond donors (Lipinski definition) is 1. The summed E-state index contributed by atoms with van der Waals surface area (Å²) in [5.74, 6) is 0.736. The molecule has 0 aliphatic heterocycles. The van der Waals surface area contributed by atoms with E-state index in [4.69, 9.17) is 11.6 Å². The third-order valence-electron chi connectivity index (χ3n) is 3.58. The molecule has 0 saturated heterocycles. The van der Waals surface area contributed by atoms with Crippen molar-refractivity contribution in [2.45, 2.75) is 44.2 Å². The Bertz CT molecular complexity index is 304. The summed E-state index contributed by atoms with van der Waals surface area (Å²) in [5, 5.41) is 3.67. The zero-order valence-electron chi connectivity index (χ0n) is 9.71. The predicted molar refractivity (Wildman–Crippen MR) is 69.8 cm³/mol. The lowest BCUT2D eigenvalue weighted by atomic mass is 9.83. The van der Waals surface area contributed by atoms with Crippen molar-refractivity contribution in [3.8, 4) is 0 Å². The molecular weight excluding hydrogens is 218 g/mol. The molecule has 0 amide bonds. The lowest BCUT2D eigenvalue weighted by Crippen LogP contribution is -2.48. The third-order valence-corrected chi connectivity index (χ3v) is 4.09. The molecule has 1 aliphatic rings. The number of halogens is 1. The van der Waals surface area contributed by atoms with Gasteiger partial charge in [0.15, 0.2) is 0 Å². The van der Waals surface area contributed by atoms with E-state index < -0.39 is 0 Å². The Labute approximate surface area is 103 Å². The van der Waals surface area contributed by atoms with Crippen LogP contribution in [0.25, 0.3) is 0 Å². The van der Waals surface area contributed by atoms with Crippen LogP contribution in [0, 0.1) is 0 Å². The van der Waals surface area contributed by atoms with Gasteiger partial charge in [0.25, 0.3) is 0 Å².